The van der Waals surface area contributed by atoms with Gasteiger partial charge in [-0.25, -0.2) is 4.98 Å². The molecule has 2 rings (SSSR count). The Hall–Kier alpha value is -1.58. The van der Waals surface area contributed by atoms with Crippen LogP contribution in [0.5, 0.6) is 0 Å². The molecule has 0 aromatic carbocycles. The highest BCUT2D eigenvalue weighted by atomic mass is 15.1. The summed E-state index contributed by atoms with van der Waals surface area (Å²) >= 11 is 0. The third-order valence-electron chi connectivity index (χ3n) is 1.15. The van der Waals surface area contributed by atoms with Gasteiger partial charge in [0.25, 0.3) is 0 Å². The molecule has 0 aliphatic carbocycles. The molecule has 0 atom stereocenters. The predicted molar refractivity (Wildman–Crippen MR) is 34.0 cm³/mol. The summed E-state index contributed by atoms with van der Waals surface area (Å²) in [5.74, 6) is 0. The third-order valence-corrected chi connectivity index (χ3v) is 1.15. The molecule has 2 aromatic heterocycles. The van der Waals surface area contributed by atoms with Crippen molar-refractivity contribution in [2.24, 2.45) is 0 Å². The molecule has 4 nitrogen and oxygen atoms in total. The van der Waals surface area contributed by atoms with Crippen LogP contribution in [0.15, 0.2) is 18.5 Å². The molecule has 10 heavy (non-hydrogen) atoms. The molecule has 0 spiro atoms. The summed E-state index contributed by atoms with van der Waals surface area (Å²) in [6.45, 7) is 0. The highest BCUT2D eigenvalue weighted by Gasteiger charge is 1.91. The first kappa shape index (κ1) is 5.22. The van der Waals surface area contributed by atoms with Crippen LogP contribution in [0.2, 0.25) is 0 Å². The summed E-state index contributed by atoms with van der Waals surface area (Å²) < 4.78 is 0. The smallest absolute Gasteiger partial charge is 0.222 e. The lowest BCUT2D eigenvalue weighted by atomic mass is 10.4. The van der Waals surface area contributed by atoms with E-state index in [4.69, 9.17) is 0 Å². The van der Waals surface area contributed by atoms with Gasteiger partial charge in [-0.05, 0) is 6.07 Å². The average Bonchev–Trinajstić information content (AvgIpc) is 2.05. The first-order chi connectivity index (χ1) is 4.97. The average molecular weight is 131 g/mol. The molecule has 0 bridgehead atoms. The van der Waals surface area contributed by atoms with Crippen molar-refractivity contribution < 1.29 is 0 Å². The fraction of sp³-hybridized carbons (Fsp3) is 0. The Labute approximate surface area is 57.0 Å². The number of pyridine rings is 1. The maximum Gasteiger partial charge on any atom is 0.222 e. The second-order valence-corrected chi connectivity index (χ2v) is 1.78. The van der Waals surface area contributed by atoms with Gasteiger partial charge in [0.15, 0.2) is 0 Å². The molecular formula is C6H3N4. The van der Waals surface area contributed by atoms with Crippen LogP contribution in [-0.2, 0) is 0 Å². The predicted octanol–water partition coefficient (Wildman–Crippen LogP) is 0.220. The molecule has 47 valence electrons. The Morgan fingerprint density at radius 3 is 3.20 bits per heavy atom. The Kier molecular flexibility index (Phi) is 1.04. The van der Waals surface area contributed by atoms with E-state index in [1.54, 1.807) is 18.5 Å². The molecule has 0 saturated heterocycles. The van der Waals surface area contributed by atoms with Crippen molar-refractivity contribution >= 4 is 11.0 Å². The van der Waals surface area contributed by atoms with Gasteiger partial charge in [0.05, 0.1) is 11.7 Å². The van der Waals surface area contributed by atoms with Gasteiger partial charge in [0.1, 0.15) is 5.52 Å². The summed E-state index contributed by atoms with van der Waals surface area (Å²) in [7, 11) is 0. The molecule has 0 aliphatic rings. The van der Waals surface area contributed by atoms with Gasteiger partial charge >= 0.3 is 0 Å². The van der Waals surface area contributed by atoms with Crippen LogP contribution in [-0.4, -0.2) is 20.2 Å². The van der Waals surface area contributed by atoms with E-state index in [9.17, 15) is 0 Å². The van der Waals surface area contributed by atoms with Gasteiger partial charge in [-0.1, -0.05) is 0 Å². The fourth-order valence-electron chi connectivity index (χ4n) is 0.703. The van der Waals surface area contributed by atoms with E-state index >= 15 is 0 Å². The second kappa shape index (κ2) is 1.98. The van der Waals surface area contributed by atoms with Crippen molar-refractivity contribution in [3.05, 3.63) is 24.8 Å². The van der Waals surface area contributed by atoms with Crippen molar-refractivity contribution in [2.45, 2.75) is 0 Å². The fourth-order valence-corrected chi connectivity index (χ4v) is 0.703. The highest BCUT2D eigenvalue weighted by molar-refractivity contribution is 5.70. The standard InChI is InChI=1S/C6H3N4/c1-2-7-3-6-5(1)8-4-9-10-6/h1-3H. The van der Waals surface area contributed by atoms with E-state index in [2.05, 4.69) is 26.5 Å². The van der Waals surface area contributed by atoms with E-state index in [-0.39, 0.29) is 0 Å². The number of hydrogen-bond acceptors (Lipinski definition) is 4. The van der Waals surface area contributed by atoms with Gasteiger partial charge in [0, 0.05) is 6.20 Å². The van der Waals surface area contributed by atoms with Crippen LogP contribution in [0, 0.1) is 6.33 Å². The number of aromatic nitrogens is 4. The molecule has 2 heterocycles. The van der Waals surface area contributed by atoms with E-state index in [0.717, 1.165) is 5.52 Å². The largest absolute Gasteiger partial charge is 0.262 e. The Balaban J connectivity index is 2.89. The summed E-state index contributed by atoms with van der Waals surface area (Å²) in [4.78, 5) is 7.70. The van der Waals surface area contributed by atoms with Crippen molar-refractivity contribution in [1.29, 1.82) is 0 Å². The molecular weight excluding hydrogens is 128 g/mol. The zero-order valence-electron chi connectivity index (χ0n) is 5.02. The number of hydrogen-bond donors (Lipinski definition) is 0. The van der Waals surface area contributed by atoms with E-state index in [0.29, 0.717) is 5.52 Å². The molecule has 0 unspecified atom stereocenters. The van der Waals surface area contributed by atoms with Crippen LogP contribution >= 0.6 is 0 Å². The van der Waals surface area contributed by atoms with Crippen molar-refractivity contribution in [3.63, 3.8) is 0 Å². The molecule has 0 N–H and O–H groups in total. The zero-order chi connectivity index (χ0) is 6.81. The van der Waals surface area contributed by atoms with E-state index in [1.807, 2.05) is 0 Å². The molecule has 0 aliphatic heterocycles. The minimum absolute atomic E-state index is 0.696. The second-order valence-electron chi connectivity index (χ2n) is 1.78. The monoisotopic (exact) mass is 131 g/mol. The van der Waals surface area contributed by atoms with Gasteiger partial charge in [0.2, 0.25) is 6.33 Å². The van der Waals surface area contributed by atoms with Crippen LogP contribution in [0.3, 0.4) is 0 Å². The summed E-state index contributed by atoms with van der Waals surface area (Å²) in [5, 5.41) is 7.24. The molecule has 0 fully saturated rings. The Bertz CT molecular complexity index is 281. The number of fused-ring (bicyclic) bond motifs is 1. The number of rotatable bonds is 0. The lowest BCUT2D eigenvalue weighted by Crippen LogP contribution is -1.86. The van der Waals surface area contributed by atoms with Crippen LogP contribution in [0.1, 0.15) is 0 Å². The van der Waals surface area contributed by atoms with Crippen molar-refractivity contribution in [1.82, 2.24) is 20.2 Å². The lowest BCUT2D eigenvalue weighted by molar-refractivity contribution is 1.00. The van der Waals surface area contributed by atoms with E-state index in [1.165, 1.54) is 0 Å². The van der Waals surface area contributed by atoms with E-state index < -0.39 is 0 Å². The molecule has 4 heteroatoms. The van der Waals surface area contributed by atoms with Crippen LogP contribution in [0.4, 0.5) is 0 Å². The first-order valence-corrected chi connectivity index (χ1v) is 2.77. The Morgan fingerprint density at radius 2 is 2.30 bits per heavy atom. The molecule has 0 amide bonds. The quantitative estimate of drug-likeness (QED) is 0.513. The van der Waals surface area contributed by atoms with Crippen LogP contribution < -0.4 is 0 Å². The first-order valence-electron chi connectivity index (χ1n) is 2.77. The van der Waals surface area contributed by atoms with Gasteiger partial charge in [-0.2, -0.15) is 0 Å². The topological polar surface area (TPSA) is 51.6 Å². The molecule has 0 saturated carbocycles. The third kappa shape index (κ3) is 0.699. The summed E-state index contributed by atoms with van der Waals surface area (Å²) in [6.07, 6.45) is 5.67. The lowest BCUT2D eigenvalue weighted by Gasteiger charge is -1.88. The van der Waals surface area contributed by atoms with Gasteiger partial charge < -0.3 is 0 Å². The molecule has 2 aromatic rings. The minimum atomic E-state index is 0.696. The number of nitrogens with zero attached hydrogens (tertiary/aromatic N) is 4. The van der Waals surface area contributed by atoms with Crippen molar-refractivity contribution in [3.8, 4) is 0 Å². The summed E-state index contributed by atoms with van der Waals surface area (Å²) in [6, 6.07) is 1.76. The van der Waals surface area contributed by atoms with Crippen LogP contribution in [0.25, 0.3) is 11.0 Å². The van der Waals surface area contributed by atoms with Crippen molar-refractivity contribution in [2.75, 3.05) is 0 Å². The SMILES string of the molecule is [c]1nnc2cnccc2n1. The highest BCUT2D eigenvalue weighted by Crippen LogP contribution is 2.00. The minimum Gasteiger partial charge on any atom is -0.262 e. The maximum atomic E-state index is 3.86. The summed E-state index contributed by atoms with van der Waals surface area (Å²) in [5.41, 5.74) is 1.46. The normalized spacial score (nSPS) is 10.0. The maximum absolute atomic E-state index is 3.86. The van der Waals surface area contributed by atoms with Gasteiger partial charge in [-0.3, -0.25) is 4.98 Å². The van der Waals surface area contributed by atoms with Gasteiger partial charge in [-0.15, -0.1) is 10.2 Å². The molecule has 1 radical (unpaired) electrons. The Morgan fingerprint density at radius 1 is 1.30 bits per heavy atom. The zero-order valence-corrected chi connectivity index (χ0v) is 5.02.